The Bertz CT molecular complexity index is 584. The molecule has 3 N–H and O–H groups in total. The Kier molecular flexibility index (Phi) is 3.85. The molecule has 6 heteroatoms. The van der Waals surface area contributed by atoms with Gasteiger partial charge in [0.1, 0.15) is 4.90 Å². The van der Waals surface area contributed by atoms with Crippen molar-refractivity contribution < 1.29 is 13.5 Å². The average Bonchev–Trinajstić information content (AvgIpc) is 2.83. The number of anilines is 1. The number of sulfonamides is 1. The van der Waals surface area contributed by atoms with Gasteiger partial charge in [-0.25, -0.2) is 8.42 Å². The number of benzene rings is 1. The van der Waals surface area contributed by atoms with Crippen LogP contribution in [-0.4, -0.2) is 37.0 Å². The van der Waals surface area contributed by atoms with E-state index in [4.69, 9.17) is 5.73 Å². The summed E-state index contributed by atoms with van der Waals surface area (Å²) in [5, 5.41) is 9.30. The van der Waals surface area contributed by atoms with Crippen molar-refractivity contribution in [3.63, 3.8) is 0 Å². The minimum absolute atomic E-state index is 0.149. The van der Waals surface area contributed by atoms with Gasteiger partial charge >= 0.3 is 0 Å². The number of nitrogens with two attached hydrogens (primary N) is 1. The van der Waals surface area contributed by atoms with Gasteiger partial charge in [0, 0.05) is 12.6 Å². The van der Waals surface area contributed by atoms with Gasteiger partial charge < -0.3 is 10.8 Å². The van der Waals surface area contributed by atoms with Gasteiger partial charge in [-0.05, 0) is 37.8 Å². The van der Waals surface area contributed by atoms with Gasteiger partial charge in [0.05, 0.1) is 12.3 Å². The van der Waals surface area contributed by atoms with Crippen LogP contribution in [0.1, 0.15) is 24.0 Å². The van der Waals surface area contributed by atoms with Gasteiger partial charge in [-0.15, -0.1) is 0 Å². The lowest BCUT2D eigenvalue weighted by Gasteiger charge is -2.24. The highest BCUT2D eigenvalue weighted by atomic mass is 32.2. The monoisotopic (exact) mass is 284 g/mol. The zero-order valence-electron chi connectivity index (χ0n) is 11.3. The molecule has 0 saturated carbocycles. The van der Waals surface area contributed by atoms with Crippen LogP contribution in [0.15, 0.2) is 17.0 Å². The maximum absolute atomic E-state index is 12.7. The number of aliphatic hydroxyl groups is 1. The number of hydrogen-bond donors (Lipinski definition) is 2. The molecule has 1 aromatic carbocycles. The van der Waals surface area contributed by atoms with E-state index in [1.54, 1.807) is 19.9 Å². The Hall–Kier alpha value is -1.11. The van der Waals surface area contributed by atoms with Crippen LogP contribution >= 0.6 is 0 Å². The Morgan fingerprint density at radius 1 is 1.37 bits per heavy atom. The summed E-state index contributed by atoms with van der Waals surface area (Å²) in [5.74, 6) is 0. The van der Waals surface area contributed by atoms with E-state index in [1.807, 2.05) is 6.07 Å². The van der Waals surface area contributed by atoms with Crippen molar-refractivity contribution in [3.05, 3.63) is 23.3 Å². The summed E-state index contributed by atoms with van der Waals surface area (Å²) >= 11 is 0. The molecule has 1 aromatic rings. The van der Waals surface area contributed by atoms with Crippen molar-refractivity contribution in [1.29, 1.82) is 0 Å². The average molecular weight is 284 g/mol. The maximum Gasteiger partial charge on any atom is 0.245 e. The minimum Gasteiger partial charge on any atom is -0.397 e. The SMILES string of the molecule is Cc1ccc(C)c(S(=O)(=O)N2CCC[C@@H]2CO)c1N. The quantitative estimate of drug-likeness (QED) is 0.812. The topological polar surface area (TPSA) is 83.6 Å². The Balaban J connectivity index is 2.54. The van der Waals surface area contributed by atoms with Gasteiger partial charge in [-0.2, -0.15) is 4.31 Å². The minimum atomic E-state index is -3.64. The maximum atomic E-state index is 12.7. The summed E-state index contributed by atoms with van der Waals surface area (Å²) in [6.07, 6.45) is 1.47. The van der Waals surface area contributed by atoms with E-state index in [2.05, 4.69) is 0 Å². The lowest BCUT2D eigenvalue weighted by atomic mass is 10.1. The predicted octanol–water partition coefficient (Wildman–Crippen LogP) is 1.03. The molecule has 0 unspecified atom stereocenters. The summed E-state index contributed by atoms with van der Waals surface area (Å²) in [5.41, 5.74) is 7.66. The molecule has 0 aliphatic carbocycles. The Labute approximate surface area is 114 Å². The molecule has 1 aliphatic rings. The molecular formula is C13H20N2O3S. The Morgan fingerprint density at radius 3 is 2.63 bits per heavy atom. The Morgan fingerprint density at radius 2 is 2.00 bits per heavy atom. The summed E-state index contributed by atoms with van der Waals surface area (Å²) in [6, 6.07) is 3.25. The first-order valence-corrected chi connectivity index (χ1v) is 7.82. The molecule has 1 heterocycles. The molecule has 1 aliphatic heterocycles. The van der Waals surface area contributed by atoms with Gasteiger partial charge in [0.2, 0.25) is 10.0 Å². The number of rotatable bonds is 3. The molecule has 0 bridgehead atoms. The van der Waals surface area contributed by atoms with E-state index >= 15 is 0 Å². The molecule has 5 nitrogen and oxygen atoms in total. The highest BCUT2D eigenvalue weighted by molar-refractivity contribution is 7.89. The fourth-order valence-corrected chi connectivity index (χ4v) is 4.66. The van der Waals surface area contributed by atoms with Crippen molar-refractivity contribution in [2.75, 3.05) is 18.9 Å². The number of aliphatic hydroxyl groups excluding tert-OH is 1. The van der Waals surface area contributed by atoms with E-state index in [-0.39, 0.29) is 17.5 Å². The van der Waals surface area contributed by atoms with Crippen LogP contribution in [0.3, 0.4) is 0 Å². The number of aryl methyl sites for hydroxylation is 2. The van der Waals surface area contributed by atoms with E-state index < -0.39 is 10.0 Å². The largest absolute Gasteiger partial charge is 0.397 e. The third kappa shape index (κ3) is 2.35. The normalized spacial score (nSPS) is 20.9. The van der Waals surface area contributed by atoms with Crippen molar-refractivity contribution in [2.45, 2.75) is 37.6 Å². The van der Waals surface area contributed by atoms with Gasteiger partial charge in [0.25, 0.3) is 0 Å². The fourth-order valence-electron chi connectivity index (χ4n) is 2.57. The zero-order chi connectivity index (χ0) is 14.2. The third-order valence-corrected chi connectivity index (χ3v) is 5.87. The van der Waals surface area contributed by atoms with Crippen molar-refractivity contribution >= 4 is 15.7 Å². The van der Waals surface area contributed by atoms with Crippen LogP contribution in [0.5, 0.6) is 0 Å². The molecular weight excluding hydrogens is 264 g/mol. The molecule has 2 rings (SSSR count). The smallest absolute Gasteiger partial charge is 0.245 e. The standard InChI is InChI=1S/C13H20N2O3S/c1-9-5-6-10(2)13(12(9)14)19(17,18)15-7-3-4-11(15)8-16/h5-6,11,16H,3-4,7-8,14H2,1-2H3/t11-/m1/s1. The summed E-state index contributed by atoms with van der Waals surface area (Å²) < 4.78 is 26.8. The molecule has 0 aromatic heterocycles. The van der Waals surface area contributed by atoms with Gasteiger partial charge in [0.15, 0.2) is 0 Å². The first kappa shape index (κ1) is 14.3. The zero-order valence-corrected chi connectivity index (χ0v) is 12.1. The molecule has 1 atom stereocenters. The molecule has 19 heavy (non-hydrogen) atoms. The lowest BCUT2D eigenvalue weighted by Crippen LogP contribution is -2.38. The van der Waals surface area contributed by atoms with Gasteiger partial charge in [-0.1, -0.05) is 12.1 Å². The number of hydrogen-bond acceptors (Lipinski definition) is 4. The second-order valence-corrected chi connectivity index (χ2v) is 6.86. The number of nitrogens with zero attached hydrogens (tertiary/aromatic N) is 1. The van der Waals surface area contributed by atoms with Crippen LogP contribution in [0.4, 0.5) is 5.69 Å². The van der Waals surface area contributed by atoms with E-state index in [1.165, 1.54) is 4.31 Å². The predicted molar refractivity (Wildman–Crippen MR) is 74.3 cm³/mol. The second kappa shape index (κ2) is 5.11. The summed E-state index contributed by atoms with van der Waals surface area (Å²) in [4.78, 5) is 0.188. The molecule has 1 saturated heterocycles. The third-order valence-electron chi connectivity index (χ3n) is 3.71. The van der Waals surface area contributed by atoms with Crippen LogP contribution in [0, 0.1) is 13.8 Å². The molecule has 0 radical (unpaired) electrons. The van der Waals surface area contributed by atoms with E-state index in [0.717, 1.165) is 12.0 Å². The van der Waals surface area contributed by atoms with Crippen molar-refractivity contribution in [2.24, 2.45) is 0 Å². The van der Waals surface area contributed by atoms with E-state index in [9.17, 15) is 13.5 Å². The number of nitrogen functional groups attached to an aromatic ring is 1. The van der Waals surface area contributed by atoms with Crippen LogP contribution in [0.2, 0.25) is 0 Å². The molecule has 1 fully saturated rings. The lowest BCUT2D eigenvalue weighted by molar-refractivity contribution is 0.213. The summed E-state index contributed by atoms with van der Waals surface area (Å²) in [7, 11) is -3.64. The first-order valence-electron chi connectivity index (χ1n) is 6.38. The highest BCUT2D eigenvalue weighted by Crippen LogP contribution is 2.32. The van der Waals surface area contributed by atoms with Crippen molar-refractivity contribution in [3.8, 4) is 0 Å². The van der Waals surface area contributed by atoms with Crippen molar-refractivity contribution in [1.82, 2.24) is 4.31 Å². The summed E-state index contributed by atoms with van der Waals surface area (Å²) in [6.45, 7) is 3.83. The molecule has 106 valence electrons. The van der Waals surface area contributed by atoms with Crippen LogP contribution in [0.25, 0.3) is 0 Å². The highest BCUT2D eigenvalue weighted by Gasteiger charge is 2.36. The molecule has 0 amide bonds. The second-order valence-electron chi connectivity index (χ2n) is 5.04. The first-order chi connectivity index (χ1) is 8.89. The van der Waals surface area contributed by atoms with Crippen LogP contribution < -0.4 is 5.73 Å². The fraction of sp³-hybridized carbons (Fsp3) is 0.538. The van der Waals surface area contributed by atoms with E-state index in [0.29, 0.717) is 24.2 Å². The van der Waals surface area contributed by atoms with Gasteiger partial charge in [-0.3, -0.25) is 0 Å². The van der Waals surface area contributed by atoms with Crippen LogP contribution in [-0.2, 0) is 10.0 Å². The molecule has 0 spiro atoms.